The average molecular weight is 271 g/mol. The molecule has 0 fully saturated rings. The summed E-state index contributed by atoms with van der Waals surface area (Å²) >= 11 is 1.53. The molecule has 2 aromatic rings. The summed E-state index contributed by atoms with van der Waals surface area (Å²) in [5.41, 5.74) is 6.42. The van der Waals surface area contributed by atoms with Crippen molar-refractivity contribution in [2.24, 2.45) is 0 Å². The SMILES string of the molecule is C=CC(O)(CSc1ccccc1N)c1ccccc1. The third kappa shape index (κ3) is 3.19. The Morgan fingerprint density at radius 3 is 2.37 bits per heavy atom. The van der Waals surface area contributed by atoms with Gasteiger partial charge in [0.25, 0.3) is 0 Å². The molecule has 3 heteroatoms. The van der Waals surface area contributed by atoms with E-state index in [0.29, 0.717) is 5.75 Å². The molecule has 0 aliphatic heterocycles. The molecule has 2 rings (SSSR count). The number of benzene rings is 2. The molecule has 1 unspecified atom stereocenters. The number of nitrogen functional groups attached to an aromatic ring is 1. The highest BCUT2D eigenvalue weighted by Gasteiger charge is 2.25. The molecule has 1 atom stereocenters. The summed E-state index contributed by atoms with van der Waals surface area (Å²) in [5, 5.41) is 10.7. The fourth-order valence-corrected chi connectivity index (χ4v) is 2.86. The lowest BCUT2D eigenvalue weighted by Crippen LogP contribution is -2.25. The molecule has 0 radical (unpaired) electrons. The zero-order chi connectivity index (χ0) is 13.7. The van der Waals surface area contributed by atoms with Crippen LogP contribution >= 0.6 is 11.8 Å². The van der Waals surface area contributed by atoms with Gasteiger partial charge < -0.3 is 10.8 Å². The van der Waals surface area contributed by atoms with Crippen molar-refractivity contribution in [2.45, 2.75) is 10.5 Å². The Morgan fingerprint density at radius 1 is 1.11 bits per heavy atom. The van der Waals surface area contributed by atoms with E-state index < -0.39 is 5.60 Å². The zero-order valence-corrected chi connectivity index (χ0v) is 11.4. The van der Waals surface area contributed by atoms with Crippen molar-refractivity contribution >= 4 is 17.4 Å². The number of aliphatic hydroxyl groups is 1. The third-order valence-electron chi connectivity index (χ3n) is 2.98. The Morgan fingerprint density at radius 2 is 1.74 bits per heavy atom. The van der Waals surface area contributed by atoms with Crippen LogP contribution in [0.5, 0.6) is 0 Å². The van der Waals surface area contributed by atoms with Crippen molar-refractivity contribution in [3.63, 3.8) is 0 Å². The van der Waals surface area contributed by atoms with Crippen molar-refractivity contribution in [3.8, 4) is 0 Å². The summed E-state index contributed by atoms with van der Waals surface area (Å²) < 4.78 is 0. The largest absolute Gasteiger partial charge is 0.398 e. The smallest absolute Gasteiger partial charge is 0.117 e. The monoisotopic (exact) mass is 271 g/mol. The van der Waals surface area contributed by atoms with E-state index in [-0.39, 0.29) is 0 Å². The predicted octanol–water partition coefficient (Wildman–Crippen LogP) is 3.43. The lowest BCUT2D eigenvalue weighted by Gasteiger charge is -2.24. The summed E-state index contributed by atoms with van der Waals surface area (Å²) in [7, 11) is 0. The quantitative estimate of drug-likeness (QED) is 0.497. The van der Waals surface area contributed by atoms with E-state index in [9.17, 15) is 5.11 Å². The maximum Gasteiger partial charge on any atom is 0.117 e. The summed E-state index contributed by atoms with van der Waals surface area (Å²) in [6, 6.07) is 17.2. The Hall–Kier alpha value is -1.71. The highest BCUT2D eigenvalue weighted by atomic mass is 32.2. The molecule has 3 N–H and O–H groups in total. The van der Waals surface area contributed by atoms with Gasteiger partial charge in [0.1, 0.15) is 5.60 Å². The lowest BCUT2D eigenvalue weighted by molar-refractivity contribution is 0.117. The molecule has 19 heavy (non-hydrogen) atoms. The molecule has 98 valence electrons. The number of nitrogens with two attached hydrogens (primary N) is 1. The van der Waals surface area contributed by atoms with E-state index >= 15 is 0 Å². The number of thioether (sulfide) groups is 1. The van der Waals surface area contributed by atoms with Crippen molar-refractivity contribution in [3.05, 3.63) is 72.8 Å². The van der Waals surface area contributed by atoms with Crippen LogP contribution in [-0.2, 0) is 5.60 Å². The third-order valence-corrected chi connectivity index (χ3v) is 4.25. The molecule has 0 bridgehead atoms. The molecule has 0 aromatic heterocycles. The molecule has 0 spiro atoms. The standard InChI is InChI=1S/C16H17NOS/c1-2-16(18,13-8-4-3-5-9-13)12-19-15-11-7-6-10-14(15)17/h2-11,18H,1,12,17H2. The summed E-state index contributed by atoms with van der Waals surface area (Å²) in [6.07, 6.45) is 1.58. The highest BCUT2D eigenvalue weighted by molar-refractivity contribution is 7.99. The first-order chi connectivity index (χ1) is 9.15. The topological polar surface area (TPSA) is 46.2 Å². The first-order valence-corrected chi connectivity index (χ1v) is 7.03. The van der Waals surface area contributed by atoms with Crippen LogP contribution in [0.1, 0.15) is 5.56 Å². The molecule has 0 heterocycles. The maximum absolute atomic E-state index is 10.7. The van der Waals surface area contributed by atoms with E-state index in [2.05, 4.69) is 6.58 Å². The minimum atomic E-state index is -1.05. The van der Waals surface area contributed by atoms with Gasteiger partial charge in [-0.15, -0.1) is 11.8 Å². The first-order valence-electron chi connectivity index (χ1n) is 6.04. The zero-order valence-electron chi connectivity index (χ0n) is 10.6. The Labute approximate surface area is 118 Å². The maximum atomic E-state index is 10.7. The Kier molecular flexibility index (Phi) is 4.30. The predicted molar refractivity (Wildman–Crippen MR) is 82.1 cm³/mol. The fourth-order valence-electron chi connectivity index (χ4n) is 1.79. The fraction of sp³-hybridized carbons (Fsp3) is 0.125. The van der Waals surface area contributed by atoms with Gasteiger partial charge in [0, 0.05) is 16.3 Å². The van der Waals surface area contributed by atoms with Gasteiger partial charge in [-0.05, 0) is 17.7 Å². The van der Waals surface area contributed by atoms with Gasteiger partial charge in [0.15, 0.2) is 0 Å². The minimum Gasteiger partial charge on any atom is -0.398 e. The number of hydrogen-bond acceptors (Lipinski definition) is 3. The van der Waals surface area contributed by atoms with E-state index in [1.807, 2.05) is 54.6 Å². The highest BCUT2D eigenvalue weighted by Crippen LogP contribution is 2.32. The van der Waals surface area contributed by atoms with Gasteiger partial charge >= 0.3 is 0 Å². The van der Waals surface area contributed by atoms with Gasteiger partial charge in [-0.25, -0.2) is 0 Å². The number of para-hydroxylation sites is 1. The van der Waals surface area contributed by atoms with Crippen LogP contribution in [-0.4, -0.2) is 10.9 Å². The average Bonchev–Trinajstić information content (AvgIpc) is 2.47. The van der Waals surface area contributed by atoms with E-state index in [1.165, 1.54) is 11.8 Å². The molecule has 2 aromatic carbocycles. The van der Waals surface area contributed by atoms with E-state index in [0.717, 1.165) is 16.1 Å². The molecular weight excluding hydrogens is 254 g/mol. The molecule has 0 aliphatic carbocycles. The van der Waals surface area contributed by atoms with Crippen molar-refractivity contribution in [1.82, 2.24) is 0 Å². The molecule has 2 nitrogen and oxygen atoms in total. The first kappa shape index (κ1) is 13.7. The van der Waals surface area contributed by atoms with Crippen LogP contribution < -0.4 is 5.73 Å². The minimum absolute atomic E-state index is 0.481. The van der Waals surface area contributed by atoms with E-state index in [4.69, 9.17) is 5.73 Å². The summed E-state index contributed by atoms with van der Waals surface area (Å²) in [5.74, 6) is 0.481. The Balaban J connectivity index is 2.16. The van der Waals surface area contributed by atoms with Crippen LogP contribution in [0.2, 0.25) is 0 Å². The van der Waals surface area contributed by atoms with Gasteiger partial charge in [-0.1, -0.05) is 55.1 Å². The normalized spacial score (nSPS) is 13.7. The second-order valence-electron chi connectivity index (χ2n) is 4.32. The molecular formula is C16H17NOS. The molecule has 0 aliphatic rings. The van der Waals surface area contributed by atoms with Crippen molar-refractivity contribution in [2.75, 3.05) is 11.5 Å². The molecule has 0 amide bonds. The molecule has 0 saturated heterocycles. The lowest BCUT2D eigenvalue weighted by atomic mass is 9.96. The van der Waals surface area contributed by atoms with Gasteiger partial charge in [-0.2, -0.15) is 0 Å². The second-order valence-corrected chi connectivity index (χ2v) is 5.34. The van der Waals surface area contributed by atoms with Crippen LogP contribution in [0.15, 0.2) is 72.1 Å². The van der Waals surface area contributed by atoms with Crippen molar-refractivity contribution < 1.29 is 5.11 Å². The van der Waals surface area contributed by atoms with Crippen LogP contribution in [0.4, 0.5) is 5.69 Å². The summed E-state index contributed by atoms with van der Waals surface area (Å²) in [6.45, 7) is 3.75. The number of hydrogen-bond donors (Lipinski definition) is 2. The molecule has 0 saturated carbocycles. The van der Waals surface area contributed by atoms with Crippen molar-refractivity contribution in [1.29, 1.82) is 0 Å². The Bertz CT molecular complexity index is 556. The van der Waals surface area contributed by atoms with Crippen LogP contribution in [0.3, 0.4) is 0 Å². The number of rotatable bonds is 5. The van der Waals surface area contributed by atoms with Gasteiger partial charge in [-0.3, -0.25) is 0 Å². The number of anilines is 1. The van der Waals surface area contributed by atoms with Crippen LogP contribution in [0, 0.1) is 0 Å². The second kappa shape index (κ2) is 5.95. The van der Waals surface area contributed by atoms with E-state index in [1.54, 1.807) is 6.08 Å². The van der Waals surface area contributed by atoms with Gasteiger partial charge in [0.05, 0.1) is 0 Å². The van der Waals surface area contributed by atoms with Gasteiger partial charge in [0.2, 0.25) is 0 Å². The summed E-state index contributed by atoms with van der Waals surface area (Å²) in [4.78, 5) is 0.971. The van der Waals surface area contributed by atoms with Crippen LogP contribution in [0.25, 0.3) is 0 Å².